The molecule has 3 rings (SSSR count). The number of carbonyl (C=O) groups is 1. The van der Waals surface area contributed by atoms with Crippen molar-refractivity contribution in [2.24, 2.45) is 0 Å². The molecular weight excluding hydrogens is 274 g/mol. The second-order valence-electron chi connectivity index (χ2n) is 6.02. The van der Waals surface area contributed by atoms with Gasteiger partial charge < -0.3 is 10.1 Å². The molecule has 0 aromatic heterocycles. The van der Waals surface area contributed by atoms with E-state index in [0.29, 0.717) is 0 Å². The number of fused-ring (bicyclic) bond motifs is 1. The Hall–Kier alpha value is -2.55. The van der Waals surface area contributed by atoms with Crippen LogP contribution in [-0.4, -0.2) is 11.5 Å². The van der Waals surface area contributed by atoms with Crippen molar-refractivity contribution in [2.75, 3.05) is 5.32 Å². The van der Waals surface area contributed by atoms with E-state index in [1.165, 1.54) is 6.92 Å². The minimum absolute atomic E-state index is 0.0653. The number of carbonyl (C=O) groups excluding carboxylic acids is 1. The molecule has 0 spiro atoms. The standard InChI is InChI=1S/C19H19NO2/c1-13(21)20-15-10-8-14(9-11-15)17-12-19(2,3)22-18-7-5-4-6-16(17)18/h4-12H,1-3H3,(H,20,21). The summed E-state index contributed by atoms with van der Waals surface area (Å²) in [7, 11) is 0. The van der Waals surface area contributed by atoms with Gasteiger partial charge in [-0.1, -0.05) is 30.3 Å². The summed E-state index contributed by atoms with van der Waals surface area (Å²) < 4.78 is 6.01. The lowest BCUT2D eigenvalue weighted by molar-refractivity contribution is -0.114. The lowest BCUT2D eigenvalue weighted by Gasteiger charge is -2.31. The average Bonchev–Trinajstić information content (AvgIpc) is 2.45. The molecule has 2 aromatic rings. The number of anilines is 1. The van der Waals surface area contributed by atoms with Gasteiger partial charge in [-0.2, -0.15) is 0 Å². The van der Waals surface area contributed by atoms with Crippen LogP contribution in [0.2, 0.25) is 0 Å². The van der Waals surface area contributed by atoms with Gasteiger partial charge in [-0.15, -0.1) is 0 Å². The van der Waals surface area contributed by atoms with Gasteiger partial charge >= 0.3 is 0 Å². The minimum atomic E-state index is -0.347. The Morgan fingerprint density at radius 2 is 1.73 bits per heavy atom. The molecule has 0 aliphatic carbocycles. The van der Waals surface area contributed by atoms with Crippen LogP contribution in [0.1, 0.15) is 31.9 Å². The molecule has 1 heterocycles. The van der Waals surface area contributed by atoms with Crippen molar-refractivity contribution in [2.45, 2.75) is 26.4 Å². The Bertz CT molecular complexity index is 742. The van der Waals surface area contributed by atoms with Crippen molar-refractivity contribution in [1.29, 1.82) is 0 Å². The van der Waals surface area contributed by atoms with E-state index in [2.05, 4.69) is 31.3 Å². The predicted octanol–water partition coefficient (Wildman–Crippen LogP) is 4.25. The first-order valence-corrected chi connectivity index (χ1v) is 7.34. The molecule has 1 aliphatic heterocycles. The van der Waals surface area contributed by atoms with Crippen LogP contribution in [0.5, 0.6) is 5.75 Å². The summed E-state index contributed by atoms with van der Waals surface area (Å²) in [4.78, 5) is 11.1. The number of nitrogens with one attached hydrogen (secondary N) is 1. The molecule has 0 fully saturated rings. The molecule has 0 saturated carbocycles. The van der Waals surface area contributed by atoms with E-state index in [4.69, 9.17) is 4.74 Å². The van der Waals surface area contributed by atoms with Crippen molar-refractivity contribution in [3.05, 3.63) is 65.7 Å². The molecule has 0 radical (unpaired) electrons. The summed E-state index contributed by atoms with van der Waals surface area (Å²) in [5.74, 6) is 0.834. The highest BCUT2D eigenvalue weighted by Gasteiger charge is 2.26. The van der Waals surface area contributed by atoms with Gasteiger partial charge in [0.25, 0.3) is 0 Å². The third-order valence-corrected chi connectivity index (χ3v) is 3.56. The fourth-order valence-electron chi connectivity index (χ4n) is 2.69. The molecule has 3 nitrogen and oxygen atoms in total. The van der Waals surface area contributed by atoms with Crippen molar-refractivity contribution in [3.8, 4) is 5.75 Å². The highest BCUT2D eigenvalue weighted by molar-refractivity contribution is 5.90. The lowest BCUT2D eigenvalue weighted by Crippen LogP contribution is -2.29. The van der Waals surface area contributed by atoms with Gasteiger partial charge in [-0.3, -0.25) is 4.79 Å². The SMILES string of the molecule is CC(=O)Nc1ccc(C2=CC(C)(C)Oc3ccccc32)cc1. The number of ether oxygens (including phenoxy) is 1. The highest BCUT2D eigenvalue weighted by Crippen LogP contribution is 2.39. The van der Waals surface area contributed by atoms with Crippen molar-refractivity contribution < 1.29 is 9.53 Å². The van der Waals surface area contributed by atoms with Crippen LogP contribution in [-0.2, 0) is 4.79 Å². The lowest BCUT2D eigenvalue weighted by atomic mass is 9.90. The number of hydrogen-bond donors (Lipinski definition) is 1. The smallest absolute Gasteiger partial charge is 0.221 e. The van der Waals surface area contributed by atoms with Crippen molar-refractivity contribution >= 4 is 17.2 Å². The van der Waals surface area contributed by atoms with Crippen LogP contribution >= 0.6 is 0 Å². The molecule has 1 amide bonds. The van der Waals surface area contributed by atoms with Gasteiger partial charge in [0.05, 0.1) is 0 Å². The van der Waals surface area contributed by atoms with Crippen LogP contribution < -0.4 is 10.1 Å². The zero-order valence-electron chi connectivity index (χ0n) is 13.0. The Balaban J connectivity index is 2.02. The summed E-state index contributed by atoms with van der Waals surface area (Å²) in [6.45, 7) is 5.61. The maximum atomic E-state index is 11.1. The zero-order chi connectivity index (χ0) is 15.7. The third kappa shape index (κ3) is 2.89. The zero-order valence-corrected chi connectivity index (χ0v) is 13.0. The summed E-state index contributed by atoms with van der Waals surface area (Å²) >= 11 is 0. The van der Waals surface area contributed by atoms with E-state index in [1.807, 2.05) is 42.5 Å². The molecule has 0 bridgehead atoms. The van der Waals surface area contributed by atoms with Crippen LogP contribution in [0.3, 0.4) is 0 Å². The average molecular weight is 293 g/mol. The van der Waals surface area contributed by atoms with Crippen LogP contribution in [0.15, 0.2) is 54.6 Å². The predicted molar refractivity (Wildman–Crippen MR) is 89.0 cm³/mol. The Kier molecular flexibility index (Phi) is 3.49. The first-order chi connectivity index (χ1) is 10.4. The maximum Gasteiger partial charge on any atom is 0.221 e. The van der Waals surface area contributed by atoms with Gasteiger partial charge in [0.2, 0.25) is 5.91 Å². The molecule has 22 heavy (non-hydrogen) atoms. The second-order valence-corrected chi connectivity index (χ2v) is 6.02. The van der Waals surface area contributed by atoms with Crippen LogP contribution in [0, 0.1) is 0 Å². The molecule has 1 N–H and O–H groups in total. The second kappa shape index (κ2) is 5.34. The molecule has 0 unspecified atom stereocenters. The maximum absolute atomic E-state index is 11.1. The molecule has 1 aliphatic rings. The van der Waals surface area contributed by atoms with Gasteiger partial charge in [-0.25, -0.2) is 0 Å². The Morgan fingerprint density at radius 3 is 2.41 bits per heavy atom. The third-order valence-electron chi connectivity index (χ3n) is 3.56. The van der Waals surface area contributed by atoms with E-state index >= 15 is 0 Å². The van der Waals surface area contributed by atoms with Gasteiger partial charge in [0.1, 0.15) is 11.4 Å². The van der Waals surface area contributed by atoms with Gasteiger partial charge in [0.15, 0.2) is 0 Å². The van der Waals surface area contributed by atoms with Gasteiger partial charge in [-0.05, 0) is 49.3 Å². The number of hydrogen-bond acceptors (Lipinski definition) is 2. The van der Waals surface area contributed by atoms with E-state index < -0.39 is 0 Å². The number of benzene rings is 2. The van der Waals surface area contributed by atoms with E-state index in [-0.39, 0.29) is 11.5 Å². The summed E-state index contributed by atoms with van der Waals surface area (Å²) in [6, 6.07) is 15.9. The minimum Gasteiger partial charge on any atom is -0.483 e. The highest BCUT2D eigenvalue weighted by atomic mass is 16.5. The molecular formula is C19H19NO2. The van der Waals surface area contributed by atoms with Gasteiger partial charge in [0, 0.05) is 18.2 Å². The Labute approximate surface area is 130 Å². The molecule has 0 saturated heterocycles. The molecule has 112 valence electrons. The molecule has 2 aromatic carbocycles. The first-order valence-electron chi connectivity index (χ1n) is 7.34. The number of rotatable bonds is 2. The first kappa shape index (κ1) is 14.4. The number of amides is 1. The topological polar surface area (TPSA) is 38.3 Å². The summed E-state index contributed by atoms with van der Waals surface area (Å²) in [6.07, 6.45) is 2.14. The fourth-order valence-corrected chi connectivity index (χ4v) is 2.69. The van der Waals surface area contributed by atoms with Crippen molar-refractivity contribution in [1.82, 2.24) is 0 Å². The normalized spacial score (nSPS) is 15.3. The van der Waals surface area contributed by atoms with E-state index in [0.717, 1.165) is 28.1 Å². The monoisotopic (exact) mass is 293 g/mol. The molecule has 0 atom stereocenters. The van der Waals surface area contributed by atoms with Crippen molar-refractivity contribution in [3.63, 3.8) is 0 Å². The summed E-state index contributed by atoms with van der Waals surface area (Å²) in [5, 5.41) is 2.79. The van der Waals surface area contributed by atoms with Crippen LogP contribution in [0.4, 0.5) is 5.69 Å². The summed E-state index contributed by atoms with van der Waals surface area (Å²) in [5.41, 5.74) is 3.81. The van der Waals surface area contributed by atoms with E-state index in [9.17, 15) is 4.79 Å². The Morgan fingerprint density at radius 1 is 1.05 bits per heavy atom. The quantitative estimate of drug-likeness (QED) is 0.899. The number of para-hydroxylation sites is 1. The van der Waals surface area contributed by atoms with E-state index in [1.54, 1.807) is 0 Å². The van der Waals surface area contributed by atoms with Crippen LogP contribution in [0.25, 0.3) is 5.57 Å². The largest absolute Gasteiger partial charge is 0.483 e. The fraction of sp³-hybridized carbons (Fsp3) is 0.211. The molecule has 3 heteroatoms.